The van der Waals surface area contributed by atoms with Crippen LogP contribution >= 0.6 is 0 Å². The summed E-state index contributed by atoms with van der Waals surface area (Å²) in [6.07, 6.45) is 0. The van der Waals surface area contributed by atoms with Crippen molar-refractivity contribution in [2.45, 2.75) is 18.7 Å². The highest BCUT2D eigenvalue weighted by Gasteiger charge is 2.22. The van der Waals surface area contributed by atoms with E-state index in [-0.39, 0.29) is 29.5 Å². The fraction of sp³-hybridized carbons (Fsp3) is 0.300. The highest BCUT2D eigenvalue weighted by molar-refractivity contribution is 7.89. The Morgan fingerprint density at radius 2 is 1.36 bits per heavy atom. The molecule has 0 spiro atoms. The second-order valence-electron chi connectivity index (χ2n) is 5.99. The van der Waals surface area contributed by atoms with Crippen molar-refractivity contribution in [2.75, 3.05) is 26.2 Å². The van der Waals surface area contributed by atoms with Gasteiger partial charge in [-0.15, -0.1) is 0 Å². The number of benzene rings is 2. The molecule has 0 radical (unpaired) electrons. The average molecular weight is 404 g/mol. The van der Waals surface area contributed by atoms with Crippen molar-refractivity contribution >= 4 is 21.8 Å². The van der Waals surface area contributed by atoms with Gasteiger partial charge in [0.15, 0.2) is 0 Å². The first kappa shape index (κ1) is 21.6. The van der Waals surface area contributed by atoms with E-state index in [1.165, 1.54) is 16.4 Å². The number of carbonyl (C=O) groups excluding carboxylic acids is 2. The van der Waals surface area contributed by atoms with Crippen LogP contribution in [0, 0.1) is 0 Å². The quantitative estimate of drug-likeness (QED) is 0.625. The first-order valence-corrected chi connectivity index (χ1v) is 10.6. The summed E-state index contributed by atoms with van der Waals surface area (Å²) >= 11 is 0. The lowest BCUT2D eigenvalue weighted by molar-refractivity contribution is 0.0927. The maximum absolute atomic E-state index is 12.6. The smallest absolute Gasteiger partial charge is 0.251 e. The molecule has 2 rings (SSSR count). The molecule has 2 N–H and O–H groups in total. The largest absolute Gasteiger partial charge is 0.350 e. The average Bonchev–Trinajstić information content (AvgIpc) is 2.72. The molecule has 0 saturated carbocycles. The van der Waals surface area contributed by atoms with E-state index >= 15 is 0 Å². The molecule has 2 aromatic carbocycles. The lowest BCUT2D eigenvalue weighted by Gasteiger charge is -2.18. The summed E-state index contributed by atoms with van der Waals surface area (Å²) < 4.78 is 26.5. The van der Waals surface area contributed by atoms with E-state index in [0.717, 1.165) is 0 Å². The Hall–Kier alpha value is -2.71. The van der Waals surface area contributed by atoms with Gasteiger partial charge in [-0.3, -0.25) is 9.59 Å². The minimum absolute atomic E-state index is 0.0845. The van der Waals surface area contributed by atoms with Crippen LogP contribution in [0.5, 0.6) is 0 Å². The molecule has 28 heavy (non-hydrogen) atoms. The number of hydrogen-bond acceptors (Lipinski definition) is 4. The van der Waals surface area contributed by atoms with Crippen molar-refractivity contribution in [2.24, 2.45) is 0 Å². The molecule has 0 heterocycles. The molecule has 0 unspecified atom stereocenters. The Morgan fingerprint density at radius 3 is 1.93 bits per heavy atom. The molecule has 0 aromatic heterocycles. The Labute approximate surface area is 165 Å². The number of amides is 2. The van der Waals surface area contributed by atoms with Gasteiger partial charge in [0.1, 0.15) is 0 Å². The first-order chi connectivity index (χ1) is 13.4. The van der Waals surface area contributed by atoms with E-state index in [4.69, 9.17) is 0 Å². The number of nitrogens with one attached hydrogen (secondary N) is 2. The summed E-state index contributed by atoms with van der Waals surface area (Å²) in [5.41, 5.74) is 0.797. The Bertz CT molecular complexity index is 910. The number of sulfonamides is 1. The summed E-state index contributed by atoms with van der Waals surface area (Å²) in [7, 11) is -3.63. The fourth-order valence-corrected chi connectivity index (χ4v) is 4.16. The molecule has 0 aliphatic heterocycles. The lowest BCUT2D eigenvalue weighted by Crippen LogP contribution is -2.35. The van der Waals surface area contributed by atoms with Crippen molar-refractivity contribution < 1.29 is 18.0 Å². The van der Waals surface area contributed by atoms with Crippen molar-refractivity contribution in [3.05, 3.63) is 65.7 Å². The van der Waals surface area contributed by atoms with Gasteiger partial charge in [0.25, 0.3) is 11.8 Å². The molecule has 0 atom stereocenters. The Kier molecular flexibility index (Phi) is 7.71. The summed E-state index contributed by atoms with van der Waals surface area (Å²) in [5.74, 6) is -0.618. The molecule has 0 bridgehead atoms. The van der Waals surface area contributed by atoms with Crippen molar-refractivity contribution in [1.82, 2.24) is 14.9 Å². The van der Waals surface area contributed by atoms with E-state index in [1.54, 1.807) is 50.2 Å². The number of nitrogens with zero attached hydrogens (tertiary/aromatic N) is 1. The topological polar surface area (TPSA) is 95.6 Å². The summed E-state index contributed by atoms with van der Waals surface area (Å²) in [6, 6.07) is 14.7. The van der Waals surface area contributed by atoms with Gasteiger partial charge in [-0.1, -0.05) is 38.1 Å². The van der Waals surface area contributed by atoms with E-state index < -0.39 is 15.9 Å². The highest BCUT2D eigenvalue weighted by Crippen LogP contribution is 2.16. The highest BCUT2D eigenvalue weighted by atomic mass is 32.2. The molecule has 8 heteroatoms. The maximum Gasteiger partial charge on any atom is 0.251 e. The Morgan fingerprint density at radius 1 is 0.821 bits per heavy atom. The maximum atomic E-state index is 12.6. The van der Waals surface area contributed by atoms with E-state index in [1.807, 2.05) is 6.07 Å². The third kappa shape index (κ3) is 5.40. The molecule has 7 nitrogen and oxygen atoms in total. The van der Waals surface area contributed by atoms with Crippen LogP contribution in [-0.4, -0.2) is 50.7 Å². The molecule has 0 saturated heterocycles. The second kappa shape index (κ2) is 10.0. The van der Waals surface area contributed by atoms with Gasteiger partial charge < -0.3 is 10.6 Å². The van der Waals surface area contributed by atoms with Gasteiger partial charge in [0, 0.05) is 37.3 Å². The predicted molar refractivity (Wildman–Crippen MR) is 108 cm³/mol. The van der Waals surface area contributed by atoms with Gasteiger partial charge in [0.05, 0.1) is 4.90 Å². The number of hydrogen-bond donors (Lipinski definition) is 2. The molecule has 2 amide bonds. The zero-order valence-corrected chi connectivity index (χ0v) is 16.8. The summed E-state index contributed by atoms with van der Waals surface area (Å²) in [4.78, 5) is 24.3. The van der Waals surface area contributed by atoms with E-state index in [2.05, 4.69) is 10.6 Å². The summed E-state index contributed by atoms with van der Waals surface area (Å²) in [6.45, 7) is 4.73. The standard InChI is InChI=1S/C20H25N3O4S/c1-3-23(4-2)28(26,27)18-12-8-11-17(15-18)20(25)22-14-13-21-19(24)16-9-6-5-7-10-16/h5-12,15H,3-4,13-14H2,1-2H3,(H,21,24)(H,22,25). The molecular formula is C20H25N3O4S. The normalized spacial score (nSPS) is 11.2. The van der Waals surface area contributed by atoms with Crippen molar-refractivity contribution in [3.8, 4) is 0 Å². The first-order valence-electron chi connectivity index (χ1n) is 9.11. The summed E-state index contributed by atoms with van der Waals surface area (Å²) in [5, 5.41) is 5.39. The lowest BCUT2D eigenvalue weighted by atomic mass is 10.2. The third-order valence-corrected chi connectivity index (χ3v) is 6.22. The Balaban J connectivity index is 1.93. The van der Waals surface area contributed by atoms with Crippen LogP contribution in [0.3, 0.4) is 0 Å². The zero-order chi connectivity index (χ0) is 20.6. The van der Waals surface area contributed by atoms with Crippen LogP contribution in [-0.2, 0) is 10.0 Å². The van der Waals surface area contributed by atoms with Gasteiger partial charge in [-0.05, 0) is 30.3 Å². The van der Waals surface area contributed by atoms with Crippen molar-refractivity contribution in [3.63, 3.8) is 0 Å². The van der Waals surface area contributed by atoms with Gasteiger partial charge in [0.2, 0.25) is 10.0 Å². The second-order valence-corrected chi connectivity index (χ2v) is 7.93. The van der Waals surface area contributed by atoms with E-state index in [0.29, 0.717) is 18.7 Å². The van der Waals surface area contributed by atoms with Crippen LogP contribution < -0.4 is 10.6 Å². The van der Waals surface area contributed by atoms with E-state index in [9.17, 15) is 18.0 Å². The molecule has 0 aliphatic rings. The van der Waals surface area contributed by atoms with Gasteiger partial charge in [-0.2, -0.15) is 4.31 Å². The van der Waals surface area contributed by atoms with Crippen LogP contribution in [0.4, 0.5) is 0 Å². The molecule has 150 valence electrons. The minimum atomic E-state index is -3.63. The molecule has 0 fully saturated rings. The minimum Gasteiger partial charge on any atom is -0.350 e. The van der Waals surface area contributed by atoms with Crippen LogP contribution in [0.15, 0.2) is 59.5 Å². The van der Waals surface area contributed by atoms with Gasteiger partial charge >= 0.3 is 0 Å². The SMILES string of the molecule is CCN(CC)S(=O)(=O)c1cccc(C(=O)NCCNC(=O)c2ccccc2)c1. The van der Waals surface area contributed by atoms with Crippen LogP contribution in [0.2, 0.25) is 0 Å². The monoisotopic (exact) mass is 403 g/mol. The number of rotatable bonds is 9. The van der Waals surface area contributed by atoms with Crippen LogP contribution in [0.25, 0.3) is 0 Å². The molecule has 2 aromatic rings. The zero-order valence-electron chi connectivity index (χ0n) is 16.0. The van der Waals surface area contributed by atoms with Crippen LogP contribution in [0.1, 0.15) is 34.6 Å². The fourth-order valence-electron chi connectivity index (χ4n) is 2.66. The predicted octanol–water partition coefficient (Wildman–Crippen LogP) is 1.88. The molecule has 0 aliphatic carbocycles. The third-order valence-electron chi connectivity index (χ3n) is 4.17. The van der Waals surface area contributed by atoms with Crippen molar-refractivity contribution in [1.29, 1.82) is 0 Å². The molecular weight excluding hydrogens is 378 g/mol. The number of carbonyl (C=O) groups is 2. The van der Waals surface area contributed by atoms with Gasteiger partial charge in [-0.25, -0.2) is 8.42 Å².